The van der Waals surface area contributed by atoms with Gasteiger partial charge in [-0.3, -0.25) is 14.2 Å². The highest BCUT2D eigenvalue weighted by molar-refractivity contribution is 6.05. The van der Waals surface area contributed by atoms with Crippen LogP contribution in [0.4, 0.5) is 0 Å². The molecule has 6 rings (SSSR count). The number of para-hydroxylation sites is 1. The standard InChI is InChI=1S/C34H35NO6/c1-20-16-26(41-32(34-39-15-14-21(2)40-34)25-17-23-8-4-5-9-24(23)18-25)12-13-27(20)33(38)35-22(3)29(19-31(36)37)28-10-6-7-11-30(28)35/h4-13,16,21,25,32,34H,14-15,17-19H2,1-3H3,(H,36,37). The van der Waals surface area contributed by atoms with Crippen LogP contribution in [0, 0.1) is 19.8 Å². The van der Waals surface area contributed by atoms with E-state index >= 15 is 0 Å². The monoisotopic (exact) mass is 553 g/mol. The van der Waals surface area contributed by atoms with Gasteiger partial charge in [-0.05, 0) is 86.6 Å². The molecule has 212 valence electrons. The smallest absolute Gasteiger partial charge is 0.307 e. The zero-order chi connectivity index (χ0) is 28.7. The summed E-state index contributed by atoms with van der Waals surface area (Å²) in [6.45, 7) is 6.40. The second kappa shape index (κ2) is 11.1. The molecule has 1 aliphatic carbocycles. The number of benzene rings is 3. The van der Waals surface area contributed by atoms with Crippen LogP contribution in [-0.4, -0.2) is 46.7 Å². The maximum Gasteiger partial charge on any atom is 0.307 e. The predicted molar refractivity (Wildman–Crippen MR) is 156 cm³/mol. The number of nitrogens with zero attached hydrogens (tertiary/aromatic N) is 1. The highest BCUT2D eigenvalue weighted by Crippen LogP contribution is 2.35. The van der Waals surface area contributed by atoms with Gasteiger partial charge in [0.1, 0.15) is 5.75 Å². The van der Waals surface area contributed by atoms with Crippen molar-refractivity contribution in [3.8, 4) is 5.75 Å². The van der Waals surface area contributed by atoms with Gasteiger partial charge in [0.15, 0.2) is 12.4 Å². The molecule has 4 aromatic rings. The number of hydrogen-bond acceptors (Lipinski definition) is 5. The number of carbonyl (C=O) groups excluding carboxylic acids is 1. The highest BCUT2D eigenvalue weighted by Gasteiger charge is 2.39. The molecule has 0 saturated carbocycles. The van der Waals surface area contributed by atoms with Crippen LogP contribution in [0.2, 0.25) is 0 Å². The second-order valence-electron chi connectivity index (χ2n) is 11.3. The summed E-state index contributed by atoms with van der Waals surface area (Å²) < 4.78 is 20.6. The third-order valence-corrected chi connectivity index (χ3v) is 8.46. The lowest BCUT2D eigenvalue weighted by atomic mass is 9.97. The van der Waals surface area contributed by atoms with Crippen molar-refractivity contribution >= 4 is 22.8 Å². The molecule has 0 amide bonds. The first-order valence-electron chi connectivity index (χ1n) is 14.3. The van der Waals surface area contributed by atoms with Gasteiger partial charge in [-0.25, -0.2) is 0 Å². The molecule has 1 fully saturated rings. The Labute approximate surface area is 239 Å². The van der Waals surface area contributed by atoms with Crippen molar-refractivity contribution in [3.63, 3.8) is 0 Å². The maximum atomic E-state index is 13.9. The molecule has 0 spiro atoms. The lowest BCUT2D eigenvalue weighted by Crippen LogP contribution is -2.46. The SMILES string of the molecule is Cc1cc(OC(C2Cc3ccccc3C2)C2OCCC(C)O2)ccc1C(=O)n1c(C)c(CC(=O)O)c2ccccc21. The van der Waals surface area contributed by atoms with Gasteiger partial charge in [0.25, 0.3) is 5.91 Å². The van der Waals surface area contributed by atoms with Gasteiger partial charge in [-0.2, -0.15) is 0 Å². The maximum absolute atomic E-state index is 13.9. The average Bonchev–Trinajstić information content (AvgIpc) is 3.50. The van der Waals surface area contributed by atoms with Crippen LogP contribution in [0.1, 0.15) is 51.7 Å². The Hall–Kier alpha value is -3.94. The summed E-state index contributed by atoms with van der Waals surface area (Å²) in [4.78, 5) is 25.4. The van der Waals surface area contributed by atoms with E-state index in [0.29, 0.717) is 34.7 Å². The Kier molecular flexibility index (Phi) is 7.41. The first-order chi connectivity index (χ1) is 19.8. The first kappa shape index (κ1) is 27.2. The molecular formula is C34H35NO6. The van der Waals surface area contributed by atoms with Crippen molar-refractivity contribution in [2.75, 3.05) is 6.61 Å². The van der Waals surface area contributed by atoms with Crippen molar-refractivity contribution in [1.29, 1.82) is 0 Å². The van der Waals surface area contributed by atoms with E-state index in [1.165, 1.54) is 11.1 Å². The summed E-state index contributed by atoms with van der Waals surface area (Å²) >= 11 is 0. The zero-order valence-corrected chi connectivity index (χ0v) is 23.6. The third kappa shape index (κ3) is 5.27. The molecule has 3 unspecified atom stereocenters. The van der Waals surface area contributed by atoms with Gasteiger partial charge in [0, 0.05) is 22.6 Å². The number of aryl methyl sites for hydroxylation is 1. The molecule has 7 nitrogen and oxygen atoms in total. The zero-order valence-electron chi connectivity index (χ0n) is 23.6. The Morgan fingerprint density at radius 2 is 1.73 bits per heavy atom. The second-order valence-corrected chi connectivity index (χ2v) is 11.3. The molecule has 7 heteroatoms. The fraction of sp³-hybridized carbons (Fsp3) is 0.353. The van der Waals surface area contributed by atoms with Crippen LogP contribution in [0.5, 0.6) is 5.75 Å². The highest BCUT2D eigenvalue weighted by atomic mass is 16.7. The minimum Gasteiger partial charge on any atom is -0.485 e. The number of rotatable bonds is 7. The van der Waals surface area contributed by atoms with Crippen molar-refractivity contribution in [2.24, 2.45) is 5.92 Å². The number of hydrogen-bond donors (Lipinski definition) is 1. The van der Waals surface area contributed by atoms with Crippen LogP contribution < -0.4 is 4.74 Å². The lowest BCUT2D eigenvalue weighted by molar-refractivity contribution is -0.248. The topological polar surface area (TPSA) is 87.0 Å². The van der Waals surface area contributed by atoms with Crippen molar-refractivity contribution in [3.05, 3.63) is 100 Å². The van der Waals surface area contributed by atoms with Gasteiger partial charge in [-0.1, -0.05) is 42.5 Å². The summed E-state index contributed by atoms with van der Waals surface area (Å²) in [7, 11) is 0. The molecule has 1 N–H and O–H groups in total. The Morgan fingerprint density at radius 3 is 2.41 bits per heavy atom. The number of carbonyl (C=O) groups is 2. The number of carboxylic acid groups (broad SMARTS) is 1. The first-order valence-corrected chi connectivity index (χ1v) is 14.3. The Balaban J connectivity index is 1.30. The van der Waals surface area contributed by atoms with Gasteiger partial charge in [0.2, 0.25) is 0 Å². The molecule has 41 heavy (non-hydrogen) atoms. The summed E-state index contributed by atoms with van der Waals surface area (Å²) in [6, 6.07) is 21.5. The van der Waals surface area contributed by atoms with Crippen LogP contribution in [-0.2, 0) is 33.5 Å². The van der Waals surface area contributed by atoms with Crippen LogP contribution in [0.25, 0.3) is 10.9 Å². The summed E-state index contributed by atoms with van der Waals surface area (Å²) in [5.41, 5.74) is 5.98. The summed E-state index contributed by atoms with van der Waals surface area (Å²) in [5, 5.41) is 10.3. The van der Waals surface area contributed by atoms with E-state index in [2.05, 4.69) is 31.2 Å². The largest absolute Gasteiger partial charge is 0.485 e. The molecule has 1 aliphatic heterocycles. The van der Waals surface area contributed by atoms with Crippen molar-refractivity contribution < 1.29 is 28.9 Å². The van der Waals surface area contributed by atoms with E-state index in [4.69, 9.17) is 14.2 Å². The number of aliphatic carboxylic acids is 1. The average molecular weight is 554 g/mol. The van der Waals surface area contributed by atoms with E-state index in [0.717, 1.165) is 30.2 Å². The molecular weight excluding hydrogens is 518 g/mol. The van der Waals surface area contributed by atoms with Crippen molar-refractivity contribution in [1.82, 2.24) is 4.57 Å². The van der Waals surface area contributed by atoms with Gasteiger partial charge < -0.3 is 19.3 Å². The lowest BCUT2D eigenvalue weighted by Gasteiger charge is -2.36. The number of aromatic nitrogens is 1. The normalized spacial score (nSPS) is 19.7. The minimum absolute atomic E-state index is 0.0935. The summed E-state index contributed by atoms with van der Waals surface area (Å²) in [6.07, 6.45) is 1.82. The molecule has 2 aliphatic rings. The molecule has 3 aromatic carbocycles. The van der Waals surface area contributed by atoms with Crippen LogP contribution in [0.3, 0.4) is 0 Å². The van der Waals surface area contributed by atoms with E-state index in [1.807, 2.05) is 43.3 Å². The van der Waals surface area contributed by atoms with Gasteiger partial charge in [0.05, 0.1) is 24.6 Å². The molecule has 1 saturated heterocycles. The molecule has 0 bridgehead atoms. The van der Waals surface area contributed by atoms with E-state index < -0.39 is 12.3 Å². The third-order valence-electron chi connectivity index (χ3n) is 8.46. The number of ether oxygens (including phenoxy) is 3. The predicted octanol–water partition coefficient (Wildman–Crippen LogP) is 5.89. The quantitative estimate of drug-likeness (QED) is 0.307. The van der Waals surface area contributed by atoms with Gasteiger partial charge in [-0.15, -0.1) is 0 Å². The Morgan fingerprint density at radius 1 is 1.02 bits per heavy atom. The van der Waals surface area contributed by atoms with Crippen LogP contribution >= 0.6 is 0 Å². The molecule has 0 radical (unpaired) electrons. The minimum atomic E-state index is -0.929. The Bertz CT molecular complexity index is 1600. The molecule has 1 aromatic heterocycles. The molecule has 3 atom stereocenters. The van der Waals surface area contributed by atoms with Gasteiger partial charge >= 0.3 is 5.97 Å². The molecule has 2 heterocycles. The fourth-order valence-corrected chi connectivity index (χ4v) is 6.36. The van der Waals surface area contributed by atoms with E-state index in [1.54, 1.807) is 17.6 Å². The van der Waals surface area contributed by atoms with E-state index in [9.17, 15) is 14.7 Å². The fourth-order valence-electron chi connectivity index (χ4n) is 6.36. The van der Waals surface area contributed by atoms with Crippen molar-refractivity contribution in [2.45, 2.75) is 65.0 Å². The number of fused-ring (bicyclic) bond motifs is 2. The van der Waals surface area contributed by atoms with E-state index in [-0.39, 0.29) is 30.5 Å². The summed E-state index contributed by atoms with van der Waals surface area (Å²) in [5.74, 6) is -0.270. The van der Waals surface area contributed by atoms with Crippen LogP contribution in [0.15, 0.2) is 66.7 Å². The number of carboxylic acids is 1.